The molecule has 1 heterocycles. The predicted molar refractivity (Wildman–Crippen MR) is 75.6 cm³/mol. The third-order valence-electron chi connectivity index (χ3n) is 3.71. The summed E-state index contributed by atoms with van der Waals surface area (Å²) in [6.45, 7) is 1.96. The fourth-order valence-electron chi connectivity index (χ4n) is 2.75. The van der Waals surface area contributed by atoms with E-state index in [1.54, 1.807) is 0 Å². The van der Waals surface area contributed by atoms with Gasteiger partial charge in [0.15, 0.2) is 6.04 Å². The number of benzene rings is 2. The highest BCUT2D eigenvalue weighted by Crippen LogP contribution is 2.36. The highest BCUT2D eigenvalue weighted by Gasteiger charge is 2.39. The van der Waals surface area contributed by atoms with Crippen molar-refractivity contribution in [2.24, 2.45) is 4.99 Å². The molecule has 0 N–H and O–H groups in total. The minimum atomic E-state index is -0.393. The number of fused-ring (bicyclic) bond motifs is 1. The monoisotopic (exact) mass is 253 g/mol. The van der Waals surface area contributed by atoms with E-state index in [-0.39, 0.29) is 11.9 Å². The molecule has 3 nitrogen and oxygen atoms in total. The summed E-state index contributed by atoms with van der Waals surface area (Å²) in [7, 11) is 1.41. The Labute approximate surface area is 111 Å². The lowest BCUT2D eigenvalue weighted by Crippen LogP contribution is -2.40. The average Bonchev–Trinajstić information content (AvgIpc) is 2.44. The summed E-state index contributed by atoms with van der Waals surface area (Å²) in [5.41, 5.74) is 2.15. The Morgan fingerprint density at radius 3 is 2.63 bits per heavy atom. The number of ether oxygens (including phenoxy) is 1. The molecule has 0 spiro atoms. The van der Waals surface area contributed by atoms with Crippen LogP contribution in [0.15, 0.2) is 47.5 Å². The summed E-state index contributed by atoms with van der Waals surface area (Å²) in [4.78, 5) is 16.0. The van der Waals surface area contributed by atoms with E-state index in [4.69, 9.17) is 4.74 Å². The zero-order valence-electron chi connectivity index (χ0n) is 11.0. The summed E-state index contributed by atoms with van der Waals surface area (Å²) < 4.78 is 4.82. The number of rotatable bonds is 2. The van der Waals surface area contributed by atoms with Crippen LogP contribution in [0.4, 0.5) is 0 Å². The second-order valence-corrected chi connectivity index (χ2v) is 4.78. The molecule has 2 aromatic carbocycles. The van der Waals surface area contributed by atoms with Crippen molar-refractivity contribution in [1.29, 1.82) is 0 Å². The van der Waals surface area contributed by atoms with E-state index in [0.29, 0.717) is 0 Å². The first-order valence-electron chi connectivity index (χ1n) is 6.32. The Balaban J connectivity index is 2.10. The van der Waals surface area contributed by atoms with Crippen molar-refractivity contribution in [2.45, 2.75) is 18.9 Å². The van der Waals surface area contributed by atoms with E-state index < -0.39 is 6.04 Å². The van der Waals surface area contributed by atoms with E-state index in [2.05, 4.69) is 29.3 Å². The van der Waals surface area contributed by atoms with Gasteiger partial charge in [-0.15, -0.1) is 0 Å². The second-order valence-electron chi connectivity index (χ2n) is 4.78. The molecule has 96 valence electrons. The summed E-state index contributed by atoms with van der Waals surface area (Å²) in [5.74, 6) is -0.220. The first-order chi connectivity index (χ1) is 9.22. The lowest BCUT2D eigenvalue weighted by atomic mass is 9.80. The van der Waals surface area contributed by atoms with Crippen LogP contribution in [-0.2, 0) is 9.53 Å². The van der Waals surface area contributed by atoms with Crippen LogP contribution in [0.3, 0.4) is 0 Å². The Morgan fingerprint density at radius 2 is 1.89 bits per heavy atom. The van der Waals surface area contributed by atoms with Crippen LogP contribution in [0.5, 0.6) is 0 Å². The highest BCUT2D eigenvalue weighted by molar-refractivity contribution is 6.04. The summed E-state index contributed by atoms with van der Waals surface area (Å²) in [6, 6.07) is 14.0. The van der Waals surface area contributed by atoms with Gasteiger partial charge in [0.25, 0.3) is 0 Å². The summed E-state index contributed by atoms with van der Waals surface area (Å²) >= 11 is 0. The molecule has 0 aromatic heterocycles. The number of hydrogen-bond donors (Lipinski definition) is 0. The van der Waals surface area contributed by atoms with Crippen molar-refractivity contribution < 1.29 is 9.53 Å². The van der Waals surface area contributed by atoms with Crippen molar-refractivity contribution in [3.8, 4) is 0 Å². The molecule has 1 aliphatic rings. The number of carbonyl (C=O) groups excluding carboxylic acids is 1. The van der Waals surface area contributed by atoms with Crippen molar-refractivity contribution in [1.82, 2.24) is 0 Å². The third-order valence-corrected chi connectivity index (χ3v) is 3.71. The molecule has 0 amide bonds. The van der Waals surface area contributed by atoms with Crippen LogP contribution in [0.25, 0.3) is 10.8 Å². The minimum absolute atomic E-state index is 0.0403. The molecule has 0 radical (unpaired) electrons. The van der Waals surface area contributed by atoms with Crippen LogP contribution < -0.4 is 0 Å². The SMILES string of the molecule is COC(=O)[C@H]1N=C(C)[C@H]1c1cccc2ccccc12. The zero-order chi connectivity index (χ0) is 13.4. The van der Waals surface area contributed by atoms with Gasteiger partial charge in [-0.3, -0.25) is 4.99 Å². The largest absolute Gasteiger partial charge is 0.467 e. The van der Waals surface area contributed by atoms with Gasteiger partial charge in [0.1, 0.15) is 0 Å². The van der Waals surface area contributed by atoms with Crippen molar-refractivity contribution in [2.75, 3.05) is 7.11 Å². The Hall–Kier alpha value is -2.16. The van der Waals surface area contributed by atoms with E-state index in [9.17, 15) is 4.79 Å². The second kappa shape index (κ2) is 4.50. The first-order valence-corrected chi connectivity index (χ1v) is 6.32. The fourth-order valence-corrected chi connectivity index (χ4v) is 2.75. The van der Waals surface area contributed by atoms with E-state index in [1.807, 2.05) is 25.1 Å². The van der Waals surface area contributed by atoms with Gasteiger partial charge >= 0.3 is 5.97 Å². The standard InChI is InChI=1S/C16H15NO2/c1-10-14(15(17-10)16(18)19-2)13-9-5-7-11-6-3-4-8-12(11)13/h3-9,14-15H,1-2H3/t14-,15-/m0/s1. The number of methoxy groups -OCH3 is 1. The number of hydrogen-bond acceptors (Lipinski definition) is 3. The molecule has 0 fully saturated rings. The molecule has 0 saturated heterocycles. The molecule has 0 bridgehead atoms. The van der Waals surface area contributed by atoms with Crippen molar-refractivity contribution >= 4 is 22.5 Å². The van der Waals surface area contributed by atoms with Gasteiger partial charge in [-0.1, -0.05) is 42.5 Å². The van der Waals surface area contributed by atoms with Gasteiger partial charge in [-0.25, -0.2) is 4.79 Å². The molecule has 3 heteroatoms. The van der Waals surface area contributed by atoms with Gasteiger partial charge in [0.05, 0.1) is 13.0 Å². The lowest BCUT2D eigenvalue weighted by molar-refractivity contribution is -0.142. The van der Waals surface area contributed by atoms with Gasteiger partial charge in [0.2, 0.25) is 0 Å². The average molecular weight is 253 g/mol. The maximum absolute atomic E-state index is 11.7. The highest BCUT2D eigenvalue weighted by atomic mass is 16.5. The Kier molecular flexibility index (Phi) is 2.82. The number of aliphatic imine (C=N–C) groups is 1. The molecular formula is C16H15NO2. The first kappa shape index (κ1) is 11.9. The van der Waals surface area contributed by atoms with E-state index in [1.165, 1.54) is 17.9 Å². The smallest absolute Gasteiger partial charge is 0.331 e. The molecule has 0 saturated carbocycles. The topological polar surface area (TPSA) is 38.7 Å². The molecule has 0 unspecified atom stereocenters. The minimum Gasteiger partial charge on any atom is -0.467 e. The van der Waals surface area contributed by atoms with Crippen molar-refractivity contribution in [3.05, 3.63) is 48.0 Å². The molecule has 0 aliphatic carbocycles. The van der Waals surface area contributed by atoms with Crippen LogP contribution in [0, 0.1) is 0 Å². The molecular weight excluding hydrogens is 238 g/mol. The molecule has 2 atom stereocenters. The molecule has 19 heavy (non-hydrogen) atoms. The van der Waals surface area contributed by atoms with Crippen LogP contribution in [-0.4, -0.2) is 24.8 Å². The number of nitrogens with zero attached hydrogens (tertiary/aromatic N) is 1. The van der Waals surface area contributed by atoms with E-state index >= 15 is 0 Å². The van der Waals surface area contributed by atoms with Gasteiger partial charge in [0, 0.05) is 5.71 Å². The quantitative estimate of drug-likeness (QED) is 0.772. The number of carbonyl (C=O) groups is 1. The Bertz CT molecular complexity index is 670. The third kappa shape index (κ3) is 1.82. The van der Waals surface area contributed by atoms with Gasteiger partial charge in [-0.2, -0.15) is 0 Å². The molecule has 2 aromatic rings. The van der Waals surface area contributed by atoms with Crippen molar-refractivity contribution in [3.63, 3.8) is 0 Å². The molecule has 3 rings (SSSR count). The molecule has 1 aliphatic heterocycles. The summed E-state index contributed by atoms with van der Waals surface area (Å²) in [5, 5.41) is 2.36. The predicted octanol–water partition coefficient (Wildman–Crippen LogP) is 2.94. The summed E-state index contributed by atoms with van der Waals surface area (Å²) in [6.07, 6.45) is 0. The maximum atomic E-state index is 11.7. The van der Waals surface area contributed by atoms with Crippen LogP contribution >= 0.6 is 0 Å². The van der Waals surface area contributed by atoms with Crippen LogP contribution in [0.2, 0.25) is 0 Å². The van der Waals surface area contributed by atoms with Gasteiger partial charge < -0.3 is 4.74 Å². The lowest BCUT2D eigenvalue weighted by Gasteiger charge is -2.32. The van der Waals surface area contributed by atoms with Gasteiger partial charge in [-0.05, 0) is 23.3 Å². The maximum Gasteiger partial charge on any atom is 0.331 e. The fraction of sp³-hybridized carbons (Fsp3) is 0.250. The number of esters is 1. The van der Waals surface area contributed by atoms with E-state index in [0.717, 1.165) is 11.3 Å². The normalized spacial score (nSPS) is 21.7. The Morgan fingerprint density at radius 1 is 1.16 bits per heavy atom. The zero-order valence-corrected chi connectivity index (χ0v) is 11.0. The van der Waals surface area contributed by atoms with Crippen LogP contribution in [0.1, 0.15) is 18.4 Å².